The van der Waals surface area contributed by atoms with Crippen LogP contribution in [0.4, 0.5) is 11.4 Å². The van der Waals surface area contributed by atoms with Gasteiger partial charge in [-0.1, -0.05) is 13.3 Å². The summed E-state index contributed by atoms with van der Waals surface area (Å²) in [6.45, 7) is 3.46. The molecule has 19 heavy (non-hydrogen) atoms. The van der Waals surface area contributed by atoms with Gasteiger partial charge < -0.3 is 16.2 Å². The first kappa shape index (κ1) is 14.9. The summed E-state index contributed by atoms with van der Waals surface area (Å²) in [6.07, 6.45) is 1.18. The molecular formula is C12H17N3O4. The first-order valence-electron chi connectivity index (χ1n) is 5.85. The second-order valence-corrected chi connectivity index (χ2v) is 4.58. The summed E-state index contributed by atoms with van der Waals surface area (Å²) in [7, 11) is 0. The predicted molar refractivity (Wildman–Crippen MR) is 70.9 cm³/mol. The van der Waals surface area contributed by atoms with Crippen LogP contribution in [-0.4, -0.2) is 21.5 Å². The van der Waals surface area contributed by atoms with Gasteiger partial charge in [0.15, 0.2) is 0 Å². The van der Waals surface area contributed by atoms with Gasteiger partial charge in [0, 0.05) is 0 Å². The molecule has 7 nitrogen and oxygen atoms in total. The molecule has 0 aromatic heterocycles. The van der Waals surface area contributed by atoms with Crippen LogP contribution in [0.5, 0.6) is 5.75 Å². The number of phenolic OH excluding ortho intramolecular Hbond substituents is 1. The molecule has 0 aliphatic heterocycles. The number of nitrogens with one attached hydrogen (secondary N) is 1. The van der Waals surface area contributed by atoms with Gasteiger partial charge in [-0.25, -0.2) is 0 Å². The van der Waals surface area contributed by atoms with E-state index >= 15 is 0 Å². The maximum Gasteiger partial charge on any atom is 0.296 e. The van der Waals surface area contributed by atoms with Crippen LogP contribution in [0.15, 0.2) is 18.2 Å². The Bertz CT molecular complexity index is 500. The number of nitrogens with two attached hydrogens (primary N) is 1. The fourth-order valence-corrected chi connectivity index (χ4v) is 1.67. The molecule has 0 spiro atoms. The number of carbonyl (C=O) groups is 1. The van der Waals surface area contributed by atoms with Gasteiger partial charge >= 0.3 is 0 Å². The average Bonchev–Trinajstić information content (AvgIpc) is 2.30. The van der Waals surface area contributed by atoms with Crippen LogP contribution in [0.1, 0.15) is 26.7 Å². The van der Waals surface area contributed by atoms with Gasteiger partial charge in [-0.3, -0.25) is 14.9 Å². The first-order chi connectivity index (χ1) is 8.77. The van der Waals surface area contributed by atoms with Gasteiger partial charge in [0.05, 0.1) is 16.5 Å². The molecule has 1 unspecified atom stereocenters. The number of hydrogen-bond donors (Lipinski definition) is 3. The van der Waals surface area contributed by atoms with Gasteiger partial charge in [-0.15, -0.1) is 0 Å². The summed E-state index contributed by atoms with van der Waals surface area (Å²) < 4.78 is 0. The number of nitro benzene ring substituents is 1. The van der Waals surface area contributed by atoms with Gasteiger partial charge in [0.1, 0.15) is 11.4 Å². The van der Waals surface area contributed by atoms with Gasteiger partial charge in [0.25, 0.3) is 5.69 Å². The Morgan fingerprint density at radius 2 is 2.21 bits per heavy atom. The van der Waals surface area contributed by atoms with E-state index in [-0.39, 0.29) is 17.1 Å². The smallest absolute Gasteiger partial charge is 0.296 e. The van der Waals surface area contributed by atoms with Crippen molar-refractivity contribution in [1.29, 1.82) is 0 Å². The molecule has 0 aliphatic carbocycles. The second kappa shape index (κ2) is 5.66. The largest absolute Gasteiger partial charge is 0.508 e. The molecule has 0 bridgehead atoms. The van der Waals surface area contributed by atoms with Crippen molar-refractivity contribution >= 4 is 17.3 Å². The number of hydrogen-bond acceptors (Lipinski definition) is 5. The minimum absolute atomic E-state index is 0.0144. The highest BCUT2D eigenvalue weighted by molar-refractivity contribution is 5.99. The Balaban J connectivity index is 3.00. The van der Waals surface area contributed by atoms with E-state index in [1.165, 1.54) is 12.1 Å². The molecule has 104 valence electrons. The molecule has 1 rings (SSSR count). The Morgan fingerprint density at radius 3 is 2.74 bits per heavy atom. The third-order valence-corrected chi connectivity index (χ3v) is 2.71. The number of aromatic hydroxyl groups is 1. The van der Waals surface area contributed by atoms with E-state index in [1.54, 1.807) is 6.92 Å². The standard InChI is InChI=1S/C12H17N3O4/c1-3-6-12(2,13)11(17)14-9-5-4-8(16)7-10(9)15(18)19/h4-5,7,16H,3,6,13H2,1-2H3,(H,14,17). The molecule has 0 heterocycles. The van der Waals surface area contributed by atoms with E-state index in [4.69, 9.17) is 5.73 Å². The van der Waals surface area contributed by atoms with Gasteiger partial charge in [-0.2, -0.15) is 0 Å². The number of anilines is 1. The SMILES string of the molecule is CCCC(C)(N)C(=O)Nc1ccc(O)cc1[N+](=O)[O-]. The van der Waals surface area contributed by atoms with E-state index in [0.717, 1.165) is 12.5 Å². The number of carbonyl (C=O) groups excluding carboxylic acids is 1. The third kappa shape index (κ3) is 3.65. The van der Waals surface area contributed by atoms with E-state index in [1.807, 2.05) is 6.92 Å². The Kier molecular flexibility index (Phi) is 4.44. The molecule has 4 N–H and O–H groups in total. The molecule has 1 aromatic carbocycles. The molecule has 1 amide bonds. The Hall–Kier alpha value is -2.15. The highest BCUT2D eigenvalue weighted by Crippen LogP contribution is 2.29. The maximum absolute atomic E-state index is 12.0. The second-order valence-electron chi connectivity index (χ2n) is 4.58. The van der Waals surface area contributed by atoms with E-state index in [9.17, 15) is 20.0 Å². The summed E-state index contributed by atoms with van der Waals surface area (Å²) >= 11 is 0. The summed E-state index contributed by atoms with van der Waals surface area (Å²) in [5, 5.41) is 22.5. The minimum atomic E-state index is -1.10. The first-order valence-corrected chi connectivity index (χ1v) is 5.85. The average molecular weight is 267 g/mol. The van der Waals surface area contributed by atoms with Crippen LogP contribution in [0.25, 0.3) is 0 Å². The van der Waals surface area contributed by atoms with Crippen LogP contribution >= 0.6 is 0 Å². The zero-order valence-electron chi connectivity index (χ0n) is 10.8. The normalized spacial score (nSPS) is 13.6. The van der Waals surface area contributed by atoms with Crippen LogP contribution < -0.4 is 11.1 Å². The zero-order valence-corrected chi connectivity index (χ0v) is 10.8. The van der Waals surface area contributed by atoms with Crippen molar-refractivity contribution in [2.45, 2.75) is 32.2 Å². The van der Waals surface area contributed by atoms with E-state index in [0.29, 0.717) is 6.42 Å². The zero-order chi connectivity index (χ0) is 14.6. The number of benzene rings is 1. The lowest BCUT2D eigenvalue weighted by Gasteiger charge is -2.22. The molecule has 1 atom stereocenters. The van der Waals surface area contributed by atoms with Crippen molar-refractivity contribution < 1.29 is 14.8 Å². The fraction of sp³-hybridized carbons (Fsp3) is 0.417. The van der Waals surface area contributed by atoms with Gasteiger partial charge in [0.2, 0.25) is 5.91 Å². The highest BCUT2D eigenvalue weighted by Gasteiger charge is 2.29. The van der Waals surface area contributed by atoms with Crippen LogP contribution in [0.3, 0.4) is 0 Å². The van der Waals surface area contributed by atoms with Crippen molar-refractivity contribution in [2.24, 2.45) is 5.73 Å². The summed E-state index contributed by atoms with van der Waals surface area (Å²) in [5.74, 6) is -0.739. The van der Waals surface area contributed by atoms with Crippen molar-refractivity contribution in [3.63, 3.8) is 0 Å². The van der Waals surface area contributed by atoms with E-state index in [2.05, 4.69) is 5.32 Å². The Morgan fingerprint density at radius 1 is 1.58 bits per heavy atom. The molecule has 0 radical (unpaired) electrons. The van der Waals surface area contributed by atoms with E-state index < -0.39 is 16.4 Å². The van der Waals surface area contributed by atoms with Crippen LogP contribution in [0.2, 0.25) is 0 Å². The molecule has 1 aromatic rings. The topological polar surface area (TPSA) is 118 Å². The fourth-order valence-electron chi connectivity index (χ4n) is 1.67. The molecule has 0 fully saturated rings. The van der Waals surface area contributed by atoms with Crippen LogP contribution in [-0.2, 0) is 4.79 Å². The minimum Gasteiger partial charge on any atom is -0.508 e. The number of amides is 1. The number of rotatable bonds is 5. The molecule has 0 saturated heterocycles. The maximum atomic E-state index is 12.0. The predicted octanol–water partition coefficient (Wildman–Crippen LogP) is 1.76. The van der Waals surface area contributed by atoms with Crippen molar-refractivity contribution in [1.82, 2.24) is 0 Å². The summed E-state index contributed by atoms with van der Waals surface area (Å²) in [5.41, 5.74) is 4.39. The summed E-state index contributed by atoms with van der Waals surface area (Å²) in [4.78, 5) is 22.1. The number of nitrogens with zero attached hydrogens (tertiary/aromatic N) is 1. The lowest BCUT2D eigenvalue weighted by atomic mass is 9.96. The van der Waals surface area contributed by atoms with Crippen molar-refractivity contribution in [3.8, 4) is 5.75 Å². The number of phenols is 1. The van der Waals surface area contributed by atoms with Crippen molar-refractivity contribution in [3.05, 3.63) is 28.3 Å². The molecular weight excluding hydrogens is 250 g/mol. The summed E-state index contributed by atoms with van der Waals surface area (Å²) in [6, 6.07) is 3.51. The monoisotopic (exact) mass is 267 g/mol. The van der Waals surface area contributed by atoms with Gasteiger partial charge in [-0.05, 0) is 25.5 Å². The molecule has 0 saturated carbocycles. The quantitative estimate of drug-likeness (QED) is 0.426. The third-order valence-electron chi connectivity index (χ3n) is 2.71. The molecule has 7 heteroatoms. The van der Waals surface area contributed by atoms with Crippen molar-refractivity contribution in [2.75, 3.05) is 5.32 Å². The lowest BCUT2D eigenvalue weighted by molar-refractivity contribution is -0.384. The Labute approximate surface area is 110 Å². The lowest BCUT2D eigenvalue weighted by Crippen LogP contribution is -2.48. The number of nitro groups is 1. The van der Waals surface area contributed by atoms with Crippen LogP contribution in [0, 0.1) is 10.1 Å². The highest BCUT2D eigenvalue weighted by atomic mass is 16.6. The molecule has 0 aliphatic rings.